The van der Waals surface area contributed by atoms with Crippen molar-refractivity contribution in [2.45, 2.75) is 32.9 Å². The molecule has 1 amide bonds. The van der Waals surface area contributed by atoms with Gasteiger partial charge in [-0.3, -0.25) is 9.52 Å². The van der Waals surface area contributed by atoms with Gasteiger partial charge in [-0.1, -0.05) is 0 Å². The molecule has 0 spiro atoms. The molecule has 1 unspecified atom stereocenters. The quantitative estimate of drug-likeness (QED) is 0.721. The van der Waals surface area contributed by atoms with Crippen LogP contribution in [-0.2, 0) is 19.6 Å². The summed E-state index contributed by atoms with van der Waals surface area (Å²) in [5, 5.41) is 8.85. The lowest BCUT2D eigenvalue weighted by Gasteiger charge is -2.21. The average molecular weight is 358 g/mol. The first kappa shape index (κ1) is 19.8. The van der Waals surface area contributed by atoms with Crippen LogP contribution in [0.5, 0.6) is 5.75 Å². The Hall–Kier alpha value is -2.29. The Morgan fingerprint density at radius 2 is 1.75 bits per heavy atom. The number of amides is 1. The molecular weight excluding hydrogens is 336 g/mol. The number of carbonyl (C=O) groups excluding carboxylic acids is 1. The van der Waals surface area contributed by atoms with Crippen LogP contribution in [0.2, 0.25) is 0 Å². The molecule has 9 heteroatoms. The van der Waals surface area contributed by atoms with Crippen LogP contribution in [0.15, 0.2) is 24.3 Å². The highest BCUT2D eigenvalue weighted by molar-refractivity contribution is 7.93. The van der Waals surface area contributed by atoms with Crippen LogP contribution in [0.4, 0.5) is 5.69 Å². The molecule has 2 N–H and O–H groups in total. The number of hydrogen-bond donors (Lipinski definition) is 2. The van der Waals surface area contributed by atoms with Gasteiger partial charge in [0.25, 0.3) is 0 Å². The van der Waals surface area contributed by atoms with E-state index in [9.17, 15) is 18.0 Å². The van der Waals surface area contributed by atoms with Gasteiger partial charge in [0.2, 0.25) is 15.9 Å². The predicted octanol–water partition coefficient (Wildman–Crippen LogP) is 1.15. The van der Waals surface area contributed by atoms with Crippen molar-refractivity contribution in [1.29, 1.82) is 0 Å². The second-order valence-corrected chi connectivity index (χ2v) is 7.29. The van der Waals surface area contributed by atoms with E-state index in [1.807, 2.05) is 13.8 Å². The third-order valence-corrected chi connectivity index (χ3v) is 4.32. The van der Waals surface area contributed by atoms with E-state index in [-0.39, 0.29) is 11.8 Å². The first-order chi connectivity index (χ1) is 11.0. The summed E-state index contributed by atoms with van der Waals surface area (Å²) in [5.74, 6) is -2.26. The predicted molar refractivity (Wildman–Crippen MR) is 89.5 cm³/mol. The van der Waals surface area contributed by atoms with Gasteiger partial charge in [0, 0.05) is 12.7 Å². The van der Waals surface area contributed by atoms with Crippen molar-refractivity contribution >= 4 is 27.6 Å². The number of sulfonamides is 1. The van der Waals surface area contributed by atoms with Gasteiger partial charge in [0.05, 0.1) is 6.10 Å². The zero-order chi connectivity index (χ0) is 18.5. The van der Waals surface area contributed by atoms with Crippen molar-refractivity contribution in [1.82, 2.24) is 4.90 Å². The van der Waals surface area contributed by atoms with Gasteiger partial charge in [-0.25, -0.2) is 13.2 Å². The van der Waals surface area contributed by atoms with Gasteiger partial charge < -0.3 is 14.7 Å². The molecule has 0 aliphatic heterocycles. The van der Waals surface area contributed by atoms with Crippen LogP contribution >= 0.6 is 0 Å². The molecule has 1 aromatic rings. The number of carboxylic acid groups (broad SMARTS) is 1. The number of benzene rings is 1. The van der Waals surface area contributed by atoms with Gasteiger partial charge in [0.1, 0.15) is 17.5 Å². The van der Waals surface area contributed by atoms with Gasteiger partial charge in [-0.2, -0.15) is 0 Å². The van der Waals surface area contributed by atoms with E-state index >= 15 is 0 Å². The fourth-order valence-corrected chi connectivity index (χ4v) is 2.83. The molecule has 24 heavy (non-hydrogen) atoms. The monoisotopic (exact) mass is 358 g/mol. The van der Waals surface area contributed by atoms with Crippen LogP contribution in [0.25, 0.3) is 0 Å². The molecule has 8 nitrogen and oxygen atoms in total. The molecule has 0 saturated heterocycles. The molecule has 0 aromatic heterocycles. The minimum absolute atomic E-state index is 0.00285. The molecule has 0 aliphatic rings. The zero-order valence-corrected chi connectivity index (χ0v) is 14.8. The summed E-state index contributed by atoms with van der Waals surface area (Å²) in [6.45, 7) is 5.04. The maximum Gasteiger partial charge on any atom is 0.326 e. The lowest BCUT2D eigenvalue weighted by molar-refractivity contribution is -0.147. The van der Waals surface area contributed by atoms with E-state index in [4.69, 9.17) is 9.84 Å². The van der Waals surface area contributed by atoms with Crippen molar-refractivity contribution in [3.63, 3.8) is 0 Å². The number of aliphatic carboxylic acids is 1. The third kappa shape index (κ3) is 6.07. The third-order valence-electron chi connectivity index (χ3n) is 3.14. The lowest BCUT2D eigenvalue weighted by atomic mass is 10.3. The number of carbonyl (C=O) groups is 2. The molecule has 1 atom stereocenters. The van der Waals surface area contributed by atoms with Crippen molar-refractivity contribution < 1.29 is 27.9 Å². The molecule has 1 aromatic carbocycles. The Kier molecular flexibility index (Phi) is 6.59. The number of hydrogen-bond acceptors (Lipinski definition) is 5. The van der Waals surface area contributed by atoms with Crippen molar-refractivity contribution in [3.8, 4) is 5.75 Å². The van der Waals surface area contributed by atoms with E-state index in [0.29, 0.717) is 5.75 Å². The summed E-state index contributed by atoms with van der Waals surface area (Å²) in [6.07, 6.45) is -0.00285. The molecule has 0 bridgehead atoms. The van der Waals surface area contributed by atoms with Crippen LogP contribution in [0.1, 0.15) is 20.8 Å². The molecular formula is C15H22N2O6S. The normalized spacial score (nSPS) is 12.5. The Bertz CT molecular complexity index is 684. The molecule has 0 aliphatic carbocycles. The van der Waals surface area contributed by atoms with E-state index in [1.165, 1.54) is 26.1 Å². The van der Waals surface area contributed by atoms with Crippen molar-refractivity contribution in [2.24, 2.45) is 0 Å². The Labute approximate surface area is 141 Å². The van der Waals surface area contributed by atoms with E-state index in [0.717, 1.165) is 4.90 Å². The highest BCUT2D eigenvalue weighted by Gasteiger charge is 2.26. The summed E-state index contributed by atoms with van der Waals surface area (Å²) < 4.78 is 31.8. The highest BCUT2D eigenvalue weighted by atomic mass is 32.2. The van der Waals surface area contributed by atoms with Crippen LogP contribution < -0.4 is 9.46 Å². The number of likely N-dealkylation sites (N-methyl/N-ethyl adjacent to an activating group) is 1. The van der Waals surface area contributed by atoms with E-state index < -0.39 is 33.7 Å². The number of nitrogens with one attached hydrogen (secondary N) is 1. The Balaban J connectivity index is 2.72. The fourth-order valence-electron chi connectivity index (χ4n) is 1.74. The van der Waals surface area contributed by atoms with Gasteiger partial charge in [0.15, 0.2) is 0 Å². The first-order valence-corrected chi connectivity index (χ1v) is 8.92. The van der Waals surface area contributed by atoms with Crippen molar-refractivity contribution in [2.75, 3.05) is 17.5 Å². The van der Waals surface area contributed by atoms with Crippen LogP contribution in [0.3, 0.4) is 0 Å². The SMILES string of the molecule is CC(C)Oc1ccc(NS(=O)(=O)CC(=O)N(C)C(C)C(=O)O)cc1. The molecule has 0 fully saturated rings. The van der Waals surface area contributed by atoms with E-state index in [2.05, 4.69) is 4.72 Å². The summed E-state index contributed by atoms with van der Waals surface area (Å²) in [6, 6.07) is 5.14. The number of ether oxygens (including phenoxy) is 1. The average Bonchev–Trinajstić information content (AvgIpc) is 2.46. The maximum atomic E-state index is 12.0. The molecule has 0 heterocycles. The number of nitrogens with zero attached hydrogens (tertiary/aromatic N) is 1. The standard InChI is InChI=1S/C15H22N2O6S/c1-10(2)23-13-7-5-12(6-8-13)16-24(21,22)9-14(18)17(4)11(3)15(19)20/h5-8,10-11,16H,9H2,1-4H3,(H,19,20). The van der Waals surface area contributed by atoms with Gasteiger partial charge in [-0.15, -0.1) is 0 Å². The van der Waals surface area contributed by atoms with Gasteiger partial charge in [-0.05, 0) is 45.0 Å². The Morgan fingerprint density at radius 1 is 1.21 bits per heavy atom. The fraction of sp³-hybridized carbons (Fsp3) is 0.467. The molecule has 1 rings (SSSR count). The second kappa shape index (κ2) is 8.00. The zero-order valence-electron chi connectivity index (χ0n) is 14.0. The largest absolute Gasteiger partial charge is 0.491 e. The number of carboxylic acids is 1. The summed E-state index contributed by atoms with van der Waals surface area (Å²) in [7, 11) is -2.70. The molecule has 0 radical (unpaired) electrons. The highest BCUT2D eigenvalue weighted by Crippen LogP contribution is 2.18. The van der Waals surface area contributed by atoms with Gasteiger partial charge >= 0.3 is 5.97 Å². The smallest absolute Gasteiger partial charge is 0.326 e. The Morgan fingerprint density at radius 3 is 2.21 bits per heavy atom. The first-order valence-electron chi connectivity index (χ1n) is 7.27. The lowest BCUT2D eigenvalue weighted by Crippen LogP contribution is -2.43. The minimum Gasteiger partial charge on any atom is -0.491 e. The number of rotatable bonds is 8. The number of anilines is 1. The van der Waals surface area contributed by atoms with Crippen molar-refractivity contribution in [3.05, 3.63) is 24.3 Å². The molecule has 134 valence electrons. The topological polar surface area (TPSA) is 113 Å². The summed E-state index contributed by atoms with van der Waals surface area (Å²) in [4.78, 5) is 23.6. The summed E-state index contributed by atoms with van der Waals surface area (Å²) in [5.41, 5.74) is 0.285. The second-order valence-electron chi connectivity index (χ2n) is 5.57. The van der Waals surface area contributed by atoms with Crippen LogP contribution in [-0.4, -0.2) is 55.2 Å². The summed E-state index contributed by atoms with van der Waals surface area (Å²) >= 11 is 0. The van der Waals surface area contributed by atoms with Crippen LogP contribution in [0, 0.1) is 0 Å². The molecule has 0 saturated carbocycles. The van der Waals surface area contributed by atoms with E-state index in [1.54, 1.807) is 12.1 Å². The maximum absolute atomic E-state index is 12.0. The minimum atomic E-state index is -3.95.